The third kappa shape index (κ3) is 3.76. The molecule has 0 radical (unpaired) electrons. The lowest BCUT2D eigenvalue weighted by Gasteiger charge is -2.35. The summed E-state index contributed by atoms with van der Waals surface area (Å²) in [6.07, 6.45) is 2.98. The number of piperazine rings is 1. The normalized spacial score (nSPS) is 14.4. The van der Waals surface area contributed by atoms with Crippen LogP contribution in [0.4, 0.5) is 10.9 Å². The van der Waals surface area contributed by atoms with Gasteiger partial charge in [0, 0.05) is 32.4 Å². The number of aromatic nitrogens is 4. The van der Waals surface area contributed by atoms with Gasteiger partial charge in [0.05, 0.1) is 11.5 Å². The van der Waals surface area contributed by atoms with Gasteiger partial charge in [0.25, 0.3) is 0 Å². The van der Waals surface area contributed by atoms with Crippen LogP contribution in [0.2, 0.25) is 0 Å². The van der Waals surface area contributed by atoms with E-state index in [1.165, 1.54) is 12.5 Å². The van der Waals surface area contributed by atoms with Crippen LogP contribution in [0.15, 0.2) is 30.0 Å². The predicted octanol–water partition coefficient (Wildman–Crippen LogP) is 2.56. The summed E-state index contributed by atoms with van der Waals surface area (Å²) >= 11 is 3.27. The predicted molar refractivity (Wildman–Crippen MR) is 106 cm³/mol. The highest BCUT2D eigenvalue weighted by molar-refractivity contribution is 7.22. The Kier molecular flexibility index (Phi) is 5.26. The van der Waals surface area contributed by atoms with Crippen molar-refractivity contribution in [2.75, 3.05) is 42.6 Å². The standard InChI is InChI=1S/C17H18N6O2S2/c1-2-25-16(24)12-10-18-11-19-14(12)22-5-7-23(8-6-22)17-21-20-15(27-17)13-4-3-9-26-13/h3-4,9-11H,2,5-8H2,1H3. The van der Waals surface area contributed by atoms with Gasteiger partial charge < -0.3 is 14.5 Å². The van der Waals surface area contributed by atoms with E-state index in [0.717, 1.165) is 41.2 Å². The molecule has 0 unspecified atom stereocenters. The van der Waals surface area contributed by atoms with Crippen LogP contribution in [0.3, 0.4) is 0 Å². The van der Waals surface area contributed by atoms with Gasteiger partial charge in [-0.2, -0.15) is 0 Å². The maximum atomic E-state index is 12.2. The van der Waals surface area contributed by atoms with Gasteiger partial charge in [-0.1, -0.05) is 17.4 Å². The highest BCUT2D eigenvalue weighted by Crippen LogP contribution is 2.32. The van der Waals surface area contributed by atoms with Crippen molar-refractivity contribution in [3.8, 4) is 9.88 Å². The van der Waals surface area contributed by atoms with Gasteiger partial charge in [-0.3, -0.25) is 0 Å². The van der Waals surface area contributed by atoms with Gasteiger partial charge in [-0.25, -0.2) is 14.8 Å². The zero-order chi connectivity index (χ0) is 18.6. The molecule has 1 fully saturated rings. The second-order valence-corrected chi connectivity index (χ2v) is 7.73. The van der Waals surface area contributed by atoms with E-state index in [-0.39, 0.29) is 5.97 Å². The third-order valence-electron chi connectivity index (χ3n) is 4.18. The summed E-state index contributed by atoms with van der Waals surface area (Å²) in [6, 6.07) is 4.07. The minimum Gasteiger partial charge on any atom is -0.462 e. The van der Waals surface area contributed by atoms with Crippen LogP contribution in [0.1, 0.15) is 17.3 Å². The van der Waals surface area contributed by atoms with E-state index in [0.29, 0.717) is 18.0 Å². The van der Waals surface area contributed by atoms with Gasteiger partial charge >= 0.3 is 5.97 Å². The Bertz CT molecular complexity index is 906. The molecule has 0 aliphatic carbocycles. The number of carbonyl (C=O) groups is 1. The first kappa shape index (κ1) is 17.8. The minimum atomic E-state index is -0.389. The molecule has 27 heavy (non-hydrogen) atoms. The van der Waals surface area contributed by atoms with Crippen molar-refractivity contribution < 1.29 is 9.53 Å². The molecule has 140 valence electrons. The van der Waals surface area contributed by atoms with E-state index in [2.05, 4.69) is 36.0 Å². The van der Waals surface area contributed by atoms with E-state index in [9.17, 15) is 4.79 Å². The number of nitrogens with zero attached hydrogens (tertiary/aromatic N) is 6. The molecular formula is C17H18N6O2S2. The molecule has 8 nitrogen and oxygen atoms in total. The van der Waals surface area contributed by atoms with E-state index in [4.69, 9.17) is 4.74 Å². The van der Waals surface area contributed by atoms with E-state index < -0.39 is 0 Å². The molecule has 4 rings (SSSR count). The molecule has 3 aromatic rings. The Morgan fingerprint density at radius 2 is 2.04 bits per heavy atom. The van der Waals surface area contributed by atoms with Gasteiger partial charge in [-0.05, 0) is 18.4 Å². The molecule has 0 atom stereocenters. The number of carbonyl (C=O) groups excluding carboxylic acids is 1. The van der Waals surface area contributed by atoms with Gasteiger partial charge in [-0.15, -0.1) is 21.5 Å². The van der Waals surface area contributed by atoms with Crippen molar-refractivity contribution in [2.24, 2.45) is 0 Å². The lowest BCUT2D eigenvalue weighted by atomic mass is 10.2. The first-order valence-electron chi connectivity index (χ1n) is 8.60. The fraction of sp³-hybridized carbons (Fsp3) is 0.353. The van der Waals surface area contributed by atoms with Gasteiger partial charge in [0.2, 0.25) is 5.13 Å². The summed E-state index contributed by atoms with van der Waals surface area (Å²) in [7, 11) is 0. The summed E-state index contributed by atoms with van der Waals surface area (Å²) in [5.74, 6) is 0.236. The molecule has 0 aromatic carbocycles. The van der Waals surface area contributed by atoms with Crippen LogP contribution in [-0.4, -0.2) is 58.9 Å². The van der Waals surface area contributed by atoms with Crippen molar-refractivity contribution in [1.82, 2.24) is 20.2 Å². The summed E-state index contributed by atoms with van der Waals surface area (Å²) in [5, 5.41) is 12.6. The zero-order valence-electron chi connectivity index (χ0n) is 14.7. The van der Waals surface area contributed by atoms with Gasteiger partial charge in [0.15, 0.2) is 5.01 Å². The molecule has 1 aliphatic rings. The Hall–Kier alpha value is -2.59. The second kappa shape index (κ2) is 7.97. The molecular weight excluding hydrogens is 384 g/mol. The lowest BCUT2D eigenvalue weighted by molar-refractivity contribution is 0.0526. The Morgan fingerprint density at radius 1 is 1.22 bits per heavy atom. The number of hydrogen-bond donors (Lipinski definition) is 0. The van der Waals surface area contributed by atoms with E-state index >= 15 is 0 Å². The highest BCUT2D eigenvalue weighted by atomic mass is 32.1. The Labute approximate surface area is 164 Å². The molecule has 0 spiro atoms. The quantitative estimate of drug-likeness (QED) is 0.602. The maximum Gasteiger partial charge on any atom is 0.343 e. The lowest BCUT2D eigenvalue weighted by Crippen LogP contribution is -2.47. The molecule has 0 bridgehead atoms. The summed E-state index contributed by atoms with van der Waals surface area (Å²) in [5.41, 5.74) is 0.406. The van der Waals surface area contributed by atoms with Crippen LogP contribution in [-0.2, 0) is 4.74 Å². The molecule has 0 amide bonds. The largest absolute Gasteiger partial charge is 0.462 e. The van der Waals surface area contributed by atoms with E-state index in [1.807, 2.05) is 11.4 Å². The molecule has 10 heteroatoms. The number of anilines is 2. The van der Waals surface area contributed by atoms with Crippen molar-refractivity contribution in [1.29, 1.82) is 0 Å². The van der Waals surface area contributed by atoms with E-state index in [1.54, 1.807) is 29.6 Å². The van der Waals surface area contributed by atoms with Crippen molar-refractivity contribution in [3.63, 3.8) is 0 Å². The van der Waals surface area contributed by atoms with Crippen molar-refractivity contribution >= 4 is 39.6 Å². The first-order valence-corrected chi connectivity index (χ1v) is 10.3. The van der Waals surface area contributed by atoms with Crippen LogP contribution in [0, 0.1) is 0 Å². The molecule has 1 aliphatic heterocycles. The average molecular weight is 403 g/mol. The molecule has 1 saturated heterocycles. The van der Waals surface area contributed by atoms with Crippen LogP contribution in [0.5, 0.6) is 0 Å². The first-order chi connectivity index (χ1) is 13.3. The van der Waals surface area contributed by atoms with Crippen LogP contribution < -0.4 is 9.80 Å². The Morgan fingerprint density at radius 3 is 2.78 bits per heavy atom. The third-order valence-corrected chi connectivity index (χ3v) is 6.21. The minimum absolute atomic E-state index is 0.324. The van der Waals surface area contributed by atoms with Gasteiger partial charge in [0.1, 0.15) is 17.7 Å². The fourth-order valence-electron chi connectivity index (χ4n) is 2.88. The average Bonchev–Trinajstić information content (AvgIpc) is 3.40. The number of thiophene rings is 1. The van der Waals surface area contributed by atoms with Crippen LogP contribution in [0.25, 0.3) is 9.88 Å². The second-order valence-electron chi connectivity index (χ2n) is 5.82. The number of hydrogen-bond acceptors (Lipinski definition) is 10. The monoisotopic (exact) mass is 402 g/mol. The molecule has 3 aromatic heterocycles. The van der Waals surface area contributed by atoms with Crippen molar-refractivity contribution in [2.45, 2.75) is 6.92 Å². The summed E-state index contributed by atoms with van der Waals surface area (Å²) in [4.78, 5) is 25.9. The maximum absolute atomic E-state index is 12.2. The smallest absolute Gasteiger partial charge is 0.343 e. The highest BCUT2D eigenvalue weighted by Gasteiger charge is 2.25. The molecule has 0 saturated carbocycles. The number of ether oxygens (including phenoxy) is 1. The summed E-state index contributed by atoms with van der Waals surface area (Å²) in [6.45, 7) is 5.14. The zero-order valence-corrected chi connectivity index (χ0v) is 16.4. The fourth-order valence-corrected chi connectivity index (χ4v) is 4.57. The Balaban J connectivity index is 1.45. The summed E-state index contributed by atoms with van der Waals surface area (Å²) < 4.78 is 5.12. The number of esters is 1. The SMILES string of the molecule is CCOC(=O)c1cncnc1N1CCN(c2nnc(-c3cccs3)s2)CC1. The van der Waals surface area contributed by atoms with Crippen LogP contribution >= 0.6 is 22.7 Å². The topological polar surface area (TPSA) is 84.3 Å². The van der Waals surface area contributed by atoms with Crippen molar-refractivity contribution in [3.05, 3.63) is 35.6 Å². The molecule has 4 heterocycles. The molecule has 0 N–H and O–H groups in total. The number of rotatable bonds is 5.